The van der Waals surface area contributed by atoms with Crippen LogP contribution in [0, 0.1) is 6.92 Å². The van der Waals surface area contributed by atoms with E-state index in [1.165, 1.54) is 45.9 Å². The zero-order chi connectivity index (χ0) is 21.4. The Hall–Kier alpha value is -2.67. The van der Waals surface area contributed by atoms with Crippen LogP contribution in [0.25, 0.3) is 11.2 Å². The maximum Gasteiger partial charge on any atom is 0.332 e. The fourth-order valence-corrected chi connectivity index (χ4v) is 4.83. The minimum Gasteiger partial charge on any atom is -0.326 e. The molecule has 160 valence electrons. The Labute approximate surface area is 176 Å². The first-order chi connectivity index (χ1) is 14.4. The van der Waals surface area contributed by atoms with Crippen molar-refractivity contribution >= 4 is 11.2 Å². The van der Waals surface area contributed by atoms with Crippen LogP contribution in [0.4, 0.5) is 0 Å². The number of aryl methyl sites for hydroxylation is 2. The first-order valence-corrected chi connectivity index (χ1v) is 11.0. The van der Waals surface area contributed by atoms with Crippen LogP contribution >= 0.6 is 0 Å². The fourth-order valence-electron chi connectivity index (χ4n) is 4.83. The van der Waals surface area contributed by atoms with Crippen molar-refractivity contribution in [1.29, 1.82) is 0 Å². The van der Waals surface area contributed by atoms with Gasteiger partial charge in [-0.2, -0.15) is 0 Å². The number of nitrogens with one attached hydrogen (secondary N) is 1. The zero-order valence-corrected chi connectivity index (χ0v) is 18.4. The quantitative estimate of drug-likeness (QED) is 0.686. The number of rotatable bonds is 5. The lowest BCUT2D eigenvalue weighted by atomic mass is 10.00. The van der Waals surface area contributed by atoms with E-state index < -0.39 is 0 Å². The summed E-state index contributed by atoms with van der Waals surface area (Å²) in [6.07, 6.45) is 4.90. The Balaban J connectivity index is 1.89. The lowest BCUT2D eigenvalue weighted by Gasteiger charge is -2.31. The van der Waals surface area contributed by atoms with Crippen LogP contribution in [-0.2, 0) is 27.2 Å². The second kappa shape index (κ2) is 8.22. The van der Waals surface area contributed by atoms with Crippen LogP contribution < -0.4 is 16.1 Å². The standard InChI is InChI=1S/C23H31N5O2/c1-5-18-12-8-9-13-27(18)15-19-24-21-20(22(29)26(4)23(30)25(21)3)28(19)14-17-11-7-6-10-16(17)2/h6-7,10-11,18H,5,8-9,12-15H2,1-4H3/p+1/t18-/m1/s1. The number of hydrogen-bond acceptors (Lipinski definition) is 3. The molecule has 4 rings (SSSR count). The molecule has 0 saturated carbocycles. The highest BCUT2D eigenvalue weighted by Crippen LogP contribution is 2.17. The maximum atomic E-state index is 13.1. The summed E-state index contributed by atoms with van der Waals surface area (Å²) in [6, 6.07) is 8.86. The number of likely N-dealkylation sites (tertiary alicyclic amines) is 1. The lowest BCUT2D eigenvalue weighted by molar-refractivity contribution is -0.944. The molecule has 3 aromatic rings. The van der Waals surface area contributed by atoms with Crippen molar-refractivity contribution in [1.82, 2.24) is 18.7 Å². The number of benzene rings is 1. The number of hydrogen-bond donors (Lipinski definition) is 1. The van der Waals surface area contributed by atoms with Crippen LogP contribution in [-0.4, -0.2) is 31.3 Å². The molecular formula is C23H32N5O2+. The third kappa shape index (κ3) is 3.51. The summed E-state index contributed by atoms with van der Waals surface area (Å²) in [5.74, 6) is 0.891. The van der Waals surface area contributed by atoms with Crippen LogP contribution in [0.1, 0.15) is 49.6 Å². The third-order valence-electron chi connectivity index (χ3n) is 6.77. The topological polar surface area (TPSA) is 66.3 Å². The van der Waals surface area contributed by atoms with E-state index >= 15 is 0 Å². The van der Waals surface area contributed by atoms with Crippen molar-refractivity contribution in [2.45, 2.75) is 58.7 Å². The van der Waals surface area contributed by atoms with Gasteiger partial charge >= 0.3 is 5.69 Å². The van der Waals surface area contributed by atoms with E-state index in [4.69, 9.17) is 4.98 Å². The Bertz CT molecular complexity index is 1190. The smallest absolute Gasteiger partial charge is 0.326 e. The van der Waals surface area contributed by atoms with Gasteiger partial charge in [-0.15, -0.1) is 0 Å². The summed E-state index contributed by atoms with van der Waals surface area (Å²) >= 11 is 0. The third-order valence-corrected chi connectivity index (χ3v) is 6.77. The molecule has 7 nitrogen and oxygen atoms in total. The maximum absolute atomic E-state index is 13.1. The molecule has 7 heteroatoms. The summed E-state index contributed by atoms with van der Waals surface area (Å²) in [7, 11) is 3.24. The van der Waals surface area contributed by atoms with Crippen molar-refractivity contribution in [2.24, 2.45) is 14.1 Å². The van der Waals surface area contributed by atoms with E-state index in [0.717, 1.165) is 30.9 Å². The molecule has 3 heterocycles. The first kappa shape index (κ1) is 20.6. The van der Waals surface area contributed by atoms with Gasteiger partial charge in [-0.05, 0) is 43.7 Å². The summed E-state index contributed by atoms with van der Waals surface area (Å²) in [5, 5.41) is 0. The zero-order valence-electron chi connectivity index (χ0n) is 18.4. The van der Waals surface area contributed by atoms with Crippen molar-refractivity contribution in [3.8, 4) is 0 Å². The minimum absolute atomic E-state index is 0.277. The summed E-state index contributed by atoms with van der Waals surface area (Å²) in [6.45, 7) is 6.83. The van der Waals surface area contributed by atoms with E-state index in [2.05, 4.69) is 26.0 Å². The molecule has 2 aromatic heterocycles. The van der Waals surface area contributed by atoms with Crippen LogP contribution in [0.15, 0.2) is 33.9 Å². The second-order valence-corrected chi connectivity index (χ2v) is 8.60. The van der Waals surface area contributed by atoms with Gasteiger partial charge in [0.1, 0.15) is 6.54 Å². The largest absolute Gasteiger partial charge is 0.332 e. The molecule has 1 aliphatic rings. The molecule has 0 bridgehead atoms. The first-order valence-electron chi connectivity index (χ1n) is 11.0. The molecule has 1 fully saturated rings. The van der Waals surface area contributed by atoms with Gasteiger partial charge in [0.25, 0.3) is 5.56 Å². The normalized spacial score (nSPS) is 19.5. The van der Waals surface area contributed by atoms with Gasteiger partial charge in [0.2, 0.25) is 0 Å². The molecule has 1 N–H and O–H groups in total. The average Bonchev–Trinajstić information content (AvgIpc) is 3.10. The number of piperidine rings is 1. The average molecular weight is 411 g/mol. The molecule has 1 aromatic carbocycles. The monoisotopic (exact) mass is 410 g/mol. The number of aromatic nitrogens is 4. The van der Waals surface area contributed by atoms with E-state index in [1.807, 2.05) is 16.7 Å². The molecule has 0 aliphatic carbocycles. The summed E-state index contributed by atoms with van der Waals surface area (Å²) in [5.41, 5.74) is 2.73. The summed E-state index contributed by atoms with van der Waals surface area (Å²) in [4.78, 5) is 32.0. The van der Waals surface area contributed by atoms with Gasteiger partial charge in [0.15, 0.2) is 17.0 Å². The van der Waals surface area contributed by atoms with Crippen LogP contribution in [0.5, 0.6) is 0 Å². The Morgan fingerprint density at radius 3 is 2.63 bits per heavy atom. The fraction of sp³-hybridized carbons (Fsp3) is 0.522. The molecule has 0 radical (unpaired) electrons. The molecule has 0 spiro atoms. The van der Waals surface area contributed by atoms with Crippen molar-refractivity contribution in [3.05, 3.63) is 62.1 Å². The second-order valence-electron chi connectivity index (χ2n) is 8.60. The number of imidazole rings is 1. The Morgan fingerprint density at radius 1 is 1.13 bits per heavy atom. The number of quaternary nitrogens is 1. The number of fused-ring (bicyclic) bond motifs is 1. The predicted octanol–water partition coefficient (Wildman–Crippen LogP) is 1.14. The molecule has 1 unspecified atom stereocenters. The van der Waals surface area contributed by atoms with Crippen molar-refractivity contribution < 1.29 is 4.90 Å². The van der Waals surface area contributed by atoms with E-state index in [9.17, 15) is 9.59 Å². The summed E-state index contributed by atoms with van der Waals surface area (Å²) < 4.78 is 4.73. The van der Waals surface area contributed by atoms with Gasteiger partial charge in [0.05, 0.1) is 19.1 Å². The lowest BCUT2D eigenvalue weighted by Crippen LogP contribution is -3.15. The van der Waals surface area contributed by atoms with Crippen molar-refractivity contribution in [3.63, 3.8) is 0 Å². The molecule has 1 saturated heterocycles. The van der Waals surface area contributed by atoms with Crippen LogP contribution in [0.2, 0.25) is 0 Å². The molecular weight excluding hydrogens is 378 g/mol. The molecule has 1 aliphatic heterocycles. The van der Waals surface area contributed by atoms with E-state index in [0.29, 0.717) is 23.8 Å². The molecule has 0 amide bonds. The molecule has 30 heavy (non-hydrogen) atoms. The van der Waals surface area contributed by atoms with E-state index in [1.54, 1.807) is 7.05 Å². The van der Waals surface area contributed by atoms with Crippen LogP contribution in [0.3, 0.4) is 0 Å². The van der Waals surface area contributed by atoms with Gasteiger partial charge in [-0.3, -0.25) is 13.9 Å². The van der Waals surface area contributed by atoms with Gasteiger partial charge in [-0.25, -0.2) is 9.78 Å². The predicted molar refractivity (Wildman–Crippen MR) is 118 cm³/mol. The van der Waals surface area contributed by atoms with Gasteiger partial charge in [0, 0.05) is 14.1 Å². The highest BCUT2D eigenvalue weighted by molar-refractivity contribution is 5.71. The number of nitrogens with zero attached hydrogens (tertiary/aromatic N) is 4. The van der Waals surface area contributed by atoms with Crippen molar-refractivity contribution in [2.75, 3.05) is 6.54 Å². The molecule has 2 atom stereocenters. The Morgan fingerprint density at radius 2 is 1.90 bits per heavy atom. The SMILES string of the molecule is CC[C@@H]1CCCC[NH+]1Cc1nc2c(c(=O)n(C)c(=O)n2C)n1Cc1ccccc1C. The highest BCUT2D eigenvalue weighted by Gasteiger charge is 2.28. The highest BCUT2D eigenvalue weighted by atomic mass is 16.2. The Kier molecular flexibility index (Phi) is 5.64. The van der Waals surface area contributed by atoms with Gasteiger partial charge < -0.3 is 9.47 Å². The van der Waals surface area contributed by atoms with E-state index in [-0.39, 0.29) is 11.2 Å². The van der Waals surface area contributed by atoms with Gasteiger partial charge in [-0.1, -0.05) is 31.2 Å². The minimum atomic E-state index is -0.337.